The number of aromatic nitrogens is 4. The Morgan fingerprint density at radius 2 is 1.94 bits per heavy atom. The molecule has 5 rings (SSSR count). The van der Waals surface area contributed by atoms with Gasteiger partial charge in [0.15, 0.2) is 17.0 Å². The van der Waals surface area contributed by atoms with Gasteiger partial charge < -0.3 is 15.6 Å². The summed E-state index contributed by atoms with van der Waals surface area (Å²) in [4.78, 5) is 4.23. The van der Waals surface area contributed by atoms with Crippen LogP contribution in [0.15, 0.2) is 65.4 Å². The van der Waals surface area contributed by atoms with Crippen molar-refractivity contribution in [2.45, 2.75) is 6.18 Å². The zero-order valence-electron chi connectivity index (χ0n) is 16.2. The highest BCUT2D eigenvalue weighted by atomic mass is 19.4. The molecule has 0 bridgehead atoms. The minimum Gasteiger partial charge on any atom is -0.398 e. The van der Waals surface area contributed by atoms with Gasteiger partial charge in [0.2, 0.25) is 0 Å². The Labute approximate surface area is 178 Å². The Kier molecular flexibility index (Phi) is 4.44. The van der Waals surface area contributed by atoms with Crippen LogP contribution in [0, 0.1) is 11.8 Å². The van der Waals surface area contributed by atoms with Crippen molar-refractivity contribution in [2.24, 2.45) is 0 Å². The van der Waals surface area contributed by atoms with Crippen LogP contribution in [-0.4, -0.2) is 19.8 Å². The quantitative estimate of drug-likeness (QED) is 0.311. The second-order valence-corrected chi connectivity index (χ2v) is 6.83. The van der Waals surface area contributed by atoms with Crippen LogP contribution >= 0.6 is 0 Å². The van der Waals surface area contributed by atoms with Gasteiger partial charge in [-0.3, -0.25) is 0 Å². The van der Waals surface area contributed by atoms with Crippen LogP contribution in [0.25, 0.3) is 16.6 Å². The van der Waals surface area contributed by atoms with Crippen molar-refractivity contribution in [2.75, 3.05) is 11.1 Å². The molecule has 0 amide bonds. The Hall–Kier alpha value is -4.52. The topological polar surface area (TPSA) is 94.3 Å². The molecule has 0 atom stereocenters. The fourth-order valence-corrected chi connectivity index (χ4v) is 3.19. The minimum atomic E-state index is -4.45. The maximum absolute atomic E-state index is 13.0. The number of hydrogen-bond donors (Lipinski definition) is 2. The molecule has 3 N–H and O–H groups in total. The summed E-state index contributed by atoms with van der Waals surface area (Å²) in [5.41, 5.74) is 7.83. The number of alkyl halides is 3. The molecule has 0 aliphatic heterocycles. The van der Waals surface area contributed by atoms with Gasteiger partial charge in [-0.15, -0.1) is 0 Å². The van der Waals surface area contributed by atoms with Gasteiger partial charge in [-0.2, -0.15) is 18.3 Å². The average Bonchev–Trinajstić information content (AvgIpc) is 3.37. The molecule has 3 aromatic heterocycles. The number of rotatable bonds is 2. The highest BCUT2D eigenvalue weighted by Gasteiger charge is 2.30. The molecule has 32 heavy (non-hydrogen) atoms. The predicted molar refractivity (Wildman–Crippen MR) is 112 cm³/mol. The van der Waals surface area contributed by atoms with Gasteiger partial charge in [0, 0.05) is 11.9 Å². The van der Waals surface area contributed by atoms with E-state index in [9.17, 15) is 13.2 Å². The zero-order chi connectivity index (χ0) is 22.3. The molecule has 5 aromatic rings. The van der Waals surface area contributed by atoms with Crippen LogP contribution in [-0.2, 0) is 6.18 Å². The summed E-state index contributed by atoms with van der Waals surface area (Å²) in [6.45, 7) is 0. The van der Waals surface area contributed by atoms with E-state index in [1.807, 2.05) is 0 Å². The lowest BCUT2D eigenvalue weighted by molar-refractivity contribution is -0.137. The maximum Gasteiger partial charge on any atom is 0.416 e. The van der Waals surface area contributed by atoms with Crippen LogP contribution < -0.4 is 11.1 Å². The number of halogens is 3. The van der Waals surface area contributed by atoms with Crippen molar-refractivity contribution in [3.63, 3.8) is 0 Å². The third-order valence-corrected chi connectivity index (χ3v) is 4.72. The smallest absolute Gasteiger partial charge is 0.398 e. The Balaban J connectivity index is 1.53. The lowest BCUT2D eigenvalue weighted by Crippen LogP contribution is -2.05. The van der Waals surface area contributed by atoms with Crippen molar-refractivity contribution in [1.29, 1.82) is 0 Å². The van der Waals surface area contributed by atoms with E-state index in [2.05, 4.69) is 32.4 Å². The van der Waals surface area contributed by atoms with Crippen molar-refractivity contribution in [3.8, 4) is 11.8 Å². The van der Waals surface area contributed by atoms with Gasteiger partial charge in [0.25, 0.3) is 0 Å². The first-order valence-corrected chi connectivity index (χ1v) is 9.33. The molecule has 0 unspecified atom stereocenters. The SMILES string of the molecule is Nc1ccc2c(Nc3cccc(C(F)(F)F)c3)noc2c1C#Cc1cnc2cccnn12. The number of nitrogens with two attached hydrogens (primary N) is 1. The van der Waals surface area contributed by atoms with Gasteiger partial charge in [-0.25, -0.2) is 9.50 Å². The van der Waals surface area contributed by atoms with E-state index in [-0.39, 0.29) is 11.5 Å². The summed E-state index contributed by atoms with van der Waals surface area (Å²) in [6.07, 6.45) is -1.24. The van der Waals surface area contributed by atoms with Crippen LogP contribution in [0.5, 0.6) is 0 Å². The summed E-state index contributed by atoms with van der Waals surface area (Å²) >= 11 is 0. The van der Waals surface area contributed by atoms with E-state index in [4.69, 9.17) is 10.3 Å². The number of imidazole rings is 1. The number of nitrogens with one attached hydrogen (secondary N) is 1. The minimum absolute atomic E-state index is 0.219. The van der Waals surface area contributed by atoms with Crippen molar-refractivity contribution < 1.29 is 17.7 Å². The van der Waals surface area contributed by atoms with E-state index in [0.29, 0.717) is 33.6 Å². The molecule has 3 heterocycles. The summed E-state index contributed by atoms with van der Waals surface area (Å²) < 4.78 is 46.0. The third kappa shape index (κ3) is 3.45. The first-order valence-electron chi connectivity index (χ1n) is 9.33. The lowest BCUT2D eigenvalue weighted by atomic mass is 10.1. The summed E-state index contributed by atoms with van der Waals surface area (Å²) in [5, 5.41) is 11.6. The number of anilines is 3. The van der Waals surface area contributed by atoms with Crippen molar-refractivity contribution >= 4 is 33.8 Å². The number of nitrogen functional groups attached to an aromatic ring is 1. The fraction of sp³-hybridized carbons (Fsp3) is 0.0455. The second kappa shape index (κ2) is 7.31. The third-order valence-electron chi connectivity index (χ3n) is 4.72. The van der Waals surface area contributed by atoms with Gasteiger partial charge in [-0.1, -0.05) is 17.1 Å². The zero-order valence-corrected chi connectivity index (χ0v) is 16.2. The van der Waals surface area contributed by atoms with Gasteiger partial charge in [-0.05, 0) is 48.4 Å². The van der Waals surface area contributed by atoms with Crippen LogP contribution in [0.1, 0.15) is 16.8 Å². The van der Waals surface area contributed by atoms with Crippen molar-refractivity contribution in [1.82, 2.24) is 19.8 Å². The lowest BCUT2D eigenvalue weighted by Gasteiger charge is -2.09. The average molecular weight is 434 g/mol. The molecule has 0 saturated carbocycles. The fourth-order valence-electron chi connectivity index (χ4n) is 3.19. The highest BCUT2D eigenvalue weighted by Crippen LogP contribution is 2.34. The monoisotopic (exact) mass is 434 g/mol. The van der Waals surface area contributed by atoms with Gasteiger partial charge in [0.05, 0.1) is 28.4 Å². The normalized spacial score (nSPS) is 11.5. The summed E-state index contributed by atoms with van der Waals surface area (Å²) in [6, 6.07) is 11.7. The number of nitrogens with zero attached hydrogens (tertiary/aromatic N) is 4. The van der Waals surface area contributed by atoms with Gasteiger partial charge >= 0.3 is 6.18 Å². The molecular formula is C22H13F3N6O. The second-order valence-electron chi connectivity index (χ2n) is 6.83. The summed E-state index contributed by atoms with van der Waals surface area (Å²) in [5.74, 6) is 6.19. The molecule has 0 spiro atoms. The van der Waals surface area contributed by atoms with E-state index < -0.39 is 11.7 Å². The Morgan fingerprint density at radius 1 is 1.06 bits per heavy atom. The Bertz CT molecular complexity index is 1520. The summed E-state index contributed by atoms with van der Waals surface area (Å²) in [7, 11) is 0. The molecule has 158 valence electrons. The number of fused-ring (bicyclic) bond motifs is 2. The standard InChI is InChI=1S/C22H13F3N6O/c23-22(24,25)13-3-1-4-14(11-13)29-21-17-8-9-18(26)16(20(17)32-30-21)7-6-15-12-27-19-5-2-10-28-31(15)19/h1-5,8-12H,26H2,(H,29,30). The predicted octanol–water partition coefficient (Wildman–Crippen LogP) is 4.61. The molecule has 0 radical (unpaired) electrons. The molecule has 0 saturated heterocycles. The molecule has 0 fully saturated rings. The first-order chi connectivity index (χ1) is 15.4. The molecule has 7 nitrogen and oxygen atoms in total. The van der Waals surface area contributed by atoms with Crippen LogP contribution in [0.3, 0.4) is 0 Å². The number of benzene rings is 2. The Morgan fingerprint density at radius 3 is 2.78 bits per heavy atom. The van der Waals surface area contributed by atoms with E-state index >= 15 is 0 Å². The maximum atomic E-state index is 13.0. The van der Waals surface area contributed by atoms with Gasteiger partial charge in [0.1, 0.15) is 5.69 Å². The van der Waals surface area contributed by atoms with E-state index in [1.165, 1.54) is 12.1 Å². The molecule has 0 aliphatic rings. The first kappa shape index (κ1) is 19.4. The van der Waals surface area contributed by atoms with Crippen LogP contribution in [0.4, 0.5) is 30.4 Å². The molecule has 2 aromatic carbocycles. The molecule has 0 aliphatic carbocycles. The van der Waals surface area contributed by atoms with E-state index in [1.54, 1.807) is 41.2 Å². The number of hydrogen-bond acceptors (Lipinski definition) is 6. The van der Waals surface area contributed by atoms with Crippen LogP contribution in [0.2, 0.25) is 0 Å². The largest absolute Gasteiger partial charge is 0.416 e. The van der Waals surface area contributed by atoms with E-state index in [0.717, 1.165) is 12.1 Å². The van der Waals surface area contributed by atoms with Crippen molar-refractivity contribution in [3.05, 3.63) is 77.7 Å². The molecule has 10 heteroatoms. The highest BCUT2D eigenvalue weighted by molar-refractivity contribution is 5.96. The molecular weight excluding hydrogens is 421 g/mol.